The van der Waals surface area contributed by atoms with Gasteiger partial charge in [-0.1, -0.05) is 0 Å². The van der Waals surface area contributed by atoms with Crippen LogP contribution in [0.1, 0.15) is 0 Å². The van der Waals surface area contributed by atoms with Crippen molar-refractivity contribution in [3.8, 4) is 0 Å². The topological polar surface area (TPSA) is 209 Å². The van der Waals surface area contributed by atoms with Crippen LogP contribution in [0.15, 0.2) is 12.7 Å². The molecule has 2 aliphatic rings. The maximum Gasteiger partial charge on any atom is 0.231 e. The number of hydrogen-bond acceptors (Lipinski definition) is 13. The van der Waals surface area contributed by atoms with Gasteiger partial charge in [-0.25, -0.2) is 15.0 Å². The summed E-state index contributed by atoms with van der Waals surface area (Å²) < 4.78 is 12.7. The van der Waals surface area contributed by atoms with Crippen molar-refractivity contribution in [1.29, 1.82) is 0 Å². The van der Waals surface area contributed by atoms with Gasteiger partial charge in [-0.3, -0.25) is 4.57 Å². The van der Waals surface area contributed by atoms with Crippen LogP contribution in [0.25, 0.3) is 11.2 Å². The second-order valence-corrected chi connectivity index (χ2v) is 8.20. The van der Waals surface area contributed by atoms with E-state index in [1.54, 1.807) is 6.26 Å². The second kappa shape index (κ2) is 7.51. The molecule has 8 atom stereocenters. The molecule has 2 aromatic rings. The highest BCUT2D eigenvalue weighted by molar-refractivity contribution is 7.99. The Morgan fingerprint density at radius 3 is 2.63 bits per heavy atom. The Balaban J connectivity index is 1.93. The first-order chi connectivity index (χ1) is 14.2. The van der Waals surface area contributed by atoms with Crippen LogP contribution < -0.4 is 5.73 Å². The van der Waals surface area contributed by atoms with Gasteiger partial charge in [0.1, 0.15) is 54.8 Å². The van der Waals surface area contributed by atoms with Gasteiger partial charge in [-0.15, -0.1) is 11.8 Å². The van der Waals surface area contributed by atoms with E-state index in [-0.39, 0.29) is 17.0 Å². The van der Waals surface area contributed by atoms with Gasteiger partial charge in [0.25, 0.3) is 0 Å². The van der Waals surface area contributed by atoms with Crippen LogP contribution >= 0.6 is 11.8 Å². The van der Waals surface area contributed by atoms with E-state index in [0.29, 0.717) is 0 Å². The molecular weight excluding hydrogens is 422 g/mol. The number of imidazole rings is 1. The van der Waals surface area contributed by atoms with Gasteiger partial charge in [0.15, 0.2) is 17.1 Å². The number of fused-ring (bicyclic) bond motifs is 1. The van der Waals surface area contributed by atoms with Crippen LogP contribution in [0.3, 0.4) is 0 Å². The fourth-order valence-electron chi connectivity index (χ4n) is 4.14. The third kappa shape index (κ3) is 2.70. The van der Waals surface area contributed by atoms with Gasteiger partial charge < -0.3 is 45.8 Å². The number of aromatic nitrogens is 4. The minimum atomic E-state index is -2.42. The van der Waals surface area contributed by atoms with Crippen molar-refractivity contribution in [2.45, 2.75) is 47.3 Å². The summed E-state index contributed by atoms with van der Waals surface area (Å²) in [6.45, 7) is -1.07. The first kappa shape index (κ1) is 21.6. The largest absolute Gasteiger partial charge is 0.394 e. The van der Waals surface area contributed by atoms with E-state index in [2.05, 4.69) is 15.0 Å². The highest BCUT2D eigenvalue weighted by atomic mass is 32.2. The molecule has 2 aromatic heterocycles. The third-order valence-electron chi connectivity index (χ3n) is 5.69. The number of nitrogen functional groups attached to an aromatic ring is 1. The molecule has 0 radical (unpaired) electrons. The normalized spacial score (nSPS) is 42.1. The quantitative estimate of drug-likeness (QED) is 0.242. The van der Waals surface area contributed by atoms with Crippen LogP contribution in [0.4, 0.5) is 5.82 Å². The van der Waals surface area contributed by atoms with Gasteiger partial charge in [0, 0.05) is 0 Å². The number of anilines is 1. The Kier molecular flexibility index (Phi) is 5.41. The number of aliphatic hydroxyl groups is 6. The number of ether oxygens (including phenoxy) is 2. The summed E-state index contributed by atoms with van der Waals surface area (Å²) in [4.78, 5) is 12.2. The molecule has 2 aliphatic heterocycles. The van der Waals surface area contributed by atoms with Crippen molar-refractivity contribution >= 4 is 28.7 Å². The number of nitrogens with zero attached hydrogens (tertiary/aromatic N) is 4. The molecule has 4 heterocycles. The fraction of sp³-hybridized carbons (Fsp3) is 0.688. The molecule has 13 nitrogen and oxygen atoms in total. The summed E-state index contributed by atoms with van der Waals surface area (Å²) in [5.41, 5.74) is 3.79. The molecule has 2 fully saturated rings. The minimum absolute atomic E-state index is 0.0725. The molecule has 8 N–H and O–H groups in total. The third-order valence-corrected chi connectivity index (χ3v) is 6.86. The molecular formula is C16H23N5O8S. The average Bonchev–Trinajstić information content (AvgIpc) is 3.26. The smallest absolute Gasteiger partial charge is 0.231 e. The summed E-state index contributed by atoms with van der Waals surface area (Å²) in [5.74, 6) is 0.0725. The fourth-order valence-corrected chi connectivity index (χ4v) is 5.26. The predicted octanol–water partition coefficient (Wildman–Crippen LogP) is -3.65. The summed E-state index contributed by atoms with van der Waals surface area (Å²) >= 11 is 0.929. The van der Waals surface area contributed by atoms with E-state index in [0.717, 1.165) is 11.8 Å². The Hall–Kier alpha value is -1.62. The van der Waals surface area contributed by atoms with Crippen LogP contribution in [-0.4, -0.2) is 112 Å². The Morgan fingerprint density at radius 2 is 1.97 bits per heavy atom. The van der Waals surface area contributed by atoms with Crippen molar-refractivity contribution in [3.63, 3.8) is 0 Å². The number of aliphatic hydroxyl groups excluding tert-OH is 5. The lowest BCUT2D eigenvalue weighted by Crippen LogP contribution is -2.70. The van der Waals surface area contributed by atoms with Crippen molar-refractivity contribution in [2.75, 3.05) is 25.2 Å². The number of nitrogens with two attached hydrogens (primary N) is 1. The van der Waals surface area contributed by atoms with Crippen molar-refractivity contribution < 1.29 is 40.1 Å². The summed E-state index contributed by atoms with van der Waals surface area (Å²) in [6.07, 6.45) is -5.44. The van der Waals surface area contributed by atoms with Gasteiger partial charge >= 0.3 is 0 Å². The highest BCUT2D eigenvalue weighted by Gasteiger charge is 2.72. The van der Waals surface area contributed by atoms with Crippen molar-refractivity contribution in [2.24, 2.45) is 0 Å². The van der Waals surface area contributed by atoms with E-state index >= 15 is 0 Å². The van der Waals surface area contributed by atoms with Crippen molar-refractivity contribution in [3.05, 3.63) is 12.7 Å². The zero-order valence-electron chi connectivity index (χ0n) is 15.8. The Labute approximate surface area is 174 Å². The average molecular weight is 445 g/mol. The molecule has 0 aromatic carbocycles. The molecule has 30 heavy (non-hydrogen) atoms. The maximum atomic E-state index is 11.9. The van der Waals surface area contributed by atoms with Gasteiger partial charge in [0.2, 0.25) is 5.06 Å². The molecule has 1 unspecified atom stereocenters. The number of hydrogen-bond donors (Lipinski definition) is 7. The molecule has 0 bridgehead atoms. The van der Waals surface area contributed by atoms with E-state index in [4.69, 9.17) is 15.2 Å². The maximum absolute atomic E-state index is 11.9. The lowest BCUT2D eigenvalue weighted by atomic mass is 9.81. The van der Waals surface area contributed by atoms with Crippen LogP contribution in [0.2, 0.25) is 0 Å². The van der Waals surface area contributed by atoms with Crippen LogP contribution in [0.5, 0.6) is 0 Å². The zero-order chi connectivity index (χ0) is 21.8. The van der Waals surface area contributed by atoms with Gasteiger partial charge in [-0.05, 0) is 6.26 Å². The molecule has 4 rings (SSSR count). The van der Waals surface area contributed by atoms with E-state index in [9.17, 15) is 30.6 Å². The Morgan fingerprint density at radius 1 is 1.23 bits per heavy atom. The molecule has 0 saturated carbocycles. The molecule has 0 aliphatic carbocycles. The van der Waals surface area contributed by atoms with Crippen molar-refractivity contribution in [1.82, 2.24) is 19.5 Å². The molecule has 0 amide bonds. The van der Waals surface area contributed by atoms with Crippen LogP contribution in [0, 0.1) is 0 Å². The van der Waals surface area contributed by atoms with E-state index in [1.165, 1.54) is 17.2 Å². The standard InChI is InChI=1S/C16H23N5O8S/c1-30-16(21-5-20-8-13(17)18-4-19-14(8)21)15(27,11(26)7(2-22)29-16)12-10(25)9(24)6(23)3-28-12/h4-7,9-12,22-27H,2-3H2,1H3,(H2,17,18,19)/t6-,7-,9+,10-,11-,12?,15+,16+/m1/s1. The molecule has 166 valence electrons. The Bertz CT molecular complexity index is 934. The van der Waals surface area contributed by atoms with Gasteiger partial charge in [0.05, 0.1) is 13.2 Å². The molecule has 0 spiro atoms. The first-order valence-electron chi connectivity index (χ1n) is 9.07. The van der Waals surface area contributed by atoms with Gasteiger partial charge in [-0.2, -0.15) is 0 Å². The molecule has 2 saturated heterocycles. The molecule has 14 heteroatoms. The zero-order valence-corrected chi connectivity index (χ0v) is 16.6. The summed E-state index contributed by atoms with van der Waals surface area (Å²) in [6, 6.07) is 0. The minimum Gasteiger partial charge on any atom is -0.394 e. The van der Waals surface area contributed by atoms with E-state index in [1.807, 2.05) is 0 Å². The number of thioether (sulfide) groups is 1. The summed E-state index contributed by atoms with van der Waals surface area (Å²) in [7, 11) is 0. The first-order valence-corrected chi connectivity index (χ1v) is 10.3. The SMILES string of the molecule is CS[C@@]1(n2cnc3c(N)ncnc32)O[C@H](CO)[C@@H](O)[C@]1(O)C1OC[C@@H](O)[C@H](O)[C@H]1O. The predicted molar refractivity (Wildman–Crippen MR) is 102 cm³/mol. The van der Waals surface area contributed by atoms with Crippen LogP contribution in [-0.2, 0) is 14.5 Å². The number of rotatable bonds is 4. The lowest BCUT2D eigenvalue weighted by molar-refractivity contribution is -0.273. The summed E-state index contributed by atoms with van der Waals surface area (Å²) in [5, 5.41) is 61.2. The second-order valence-electron chi connectivity index (χ2n) is 7.24. The van der Waals surface area contributed by atoms with E-state index < -0.39 is 60.5 Å². The lowest BCUT2D eigenvalue weighted by Gasteiger charge is -2.49. The highest BCUT2D eigenvalue weighted by Crippen LogP contribution is 2.54. The monoisotopic (exact) mass is 445 g/mol.